The van der Waals surface area contributed by atoms with Crippen LogP contribution in [-0.4, -0.2) is 75.5 Å². The summed E-state index contributed by atoms with van der Waals surface area (Å²) >= 11 is 7.83. The summed E-state index contributed by atoms with van der Waals surface area (Å²) < 4.78 is 6.37. The molecule has 3 aromatic carbocycles. The number of aliphatic hydroxyl groups is 1. The zero-order chi connectivity index (χ0) is 48.1. The largest absolute Gasteiger partial charge is 0.489 e. The van der Waals surface area contributed by atoms with E-state index in [0.29, 0.717) is 28.3 Å². The van der Waals surface area contributed by atoms with Crippen LogP contribution < -0.4 is 20.7 Å². The van der Waals surface area contributed by atoms with Gasteiger partial charge in [-0.3, -0.25) is 19.2 Å². The molecular weight excluding hydrogens is 872 g/mol. The normalized spacial score (nSPS) is 20.6. The van der Waals surface area contributed by atoms with Crippen LogP contribution in [0.15, 0.2) is 72.2 Å². The molecule has 12 nitrogen and oxygen atoms in total. The van der Waals surface area contributed by atoms with Crippen LogP contribution in [0, 0.1) is 34.5 Å². The van der Waals surface area contributed by atoms with Gasteiger partial charge in [0.2, 0.25) is 17.7 Å². The van der Waals surface area contributed by atoms with Crippen molar-refractivity contribution in [3.05, 3.63) is 105 Å². The average molecular weight is 938 g/mol. The monoisotopic (exact) mass is 936 g/mol. The van der Waals surface area contributed by atoms with E-state index in [2.05, 4.69) is 54.7 Å². The van der Waals surface area contributed by atoms with Gasteiger partial charge in [0.25, 0.3) is 5.91 Å². The first-order valence-corrected chi connectivity index (χ1v) is 24.2. The predicted octanol–water partition coefficient (Wildman–Crippen LogP) is 9.12. The number of carbonyl (C=O) groups is 4. The van der Waals surface area contributed by atoms with Crippen LogP contribution >= 0.6 is 22.9 Å². The maximum Gasteiger partial charge on any atom is 0.251 e. The number of aromatic nitrogens is 1. The van der Waals surface area contributed by atoms with Crippen LogP contribution in [0.2, 0.25) is 5.02 Å². The van der Waals surface area contributed by atoms with Crippen LogP contribution in [0.4, 0.5) is 0 Å². The number of halogens is 1. The van der Waals surface area contributed by atoms with Crippen molar-refractivity contribution in [1.29, 1.82) is 5.26 Å². The summed E-state index contributed by atoms with van der Waals surface area (Å²) in [6.45, 7) is 17.8. The first-order chi connectivity index (χ1) is 31.1. The quantitative estimate of drug-likeness (QED) is 0.0759. The highest BCUT2D eigenvalue weighted by molar-refractivity contribution is 7.13. The van der Waals surface area contributed by atoms with Crippen molar-refractivity contribution in [2.75, 3.05) is 6.54 Å². The van der Waals surface area contributed by atoms with Gasteiger partial charge in [0.05, 0.1) is 38.8 Å². The molecule has 0 radical (unpaired) electrons. The number of rotatable bonds is 17. The minimum atomic E-state index is -0.881. The molecule has 14 heteroatoms. The number of amides is 4. The van der Waals surface area contributed by atoms with Gasteiger partial charge >= 0.3 is 0 Å². The lowest BCUT2D eigenvalue weighted by atomic mass is 9.49. The van der Waals surface area contributed by atoms with Gasteiger partial charge in [-0.15, -0.1) is 11.3 Å². The van der Waals surface area contributed by atoms with Gasteiger partial charge in [0.1, 0.15) is 30.0 Å². The molecule has 6 rings (SSSR count). The molecule has 2 heterocycles. The van der Waals surface area contributed by atoms with Crippen molar-refractivity contribution in [2.24, 2.45) is 16.2 Å². The molecule has 2 fully saturated rings. The van der Waals surface area contributed by atoms with Crippen molar-refractivity contribution in [3.8, 4) is 22.3 Å². The van der Waals surface area contributed by atoms with Gasteiger partial charge in [-0.05, 0) is 79.5 Å². The van der Waals surface area contributed by atoms with Gasteiger partial charge in [0.15, 0.2) is 0 Å². The first kappa shape index (κ1) is 50.1. The van der Waals surface area contributed by atoms with Crippen molar-refractivity contribution < 1.29 is 29.0 Å². The molecule has 66 heavy (non-hydrogen) atoms. The highest BCUT2D eigenvalue weighted by atomic mass is 35.5. The summed E-state index contributed by atoms with van der Waals surface area (Å²) in [6.07, 6.45) is 3.50. The molecule has 1 saturated carbocycles. The van der Waals surface area contributed by atoms with Gasteiger partial charge in [-0.2, -0.15) is 5.26 Å². The molecule has 1 saturated heterocycles. The molecule has 1 aliphatic carbocycles. The number of aryl methyl sites for hydroxylation is 2. The number of thiazole rings is 1. The minimum Gasteiger partial charge on any atom is -0.489 e. The Balaban J connectivity index is 0.925. The van der Waals surface area contributed by atoms with E-state index in [1.807, 2.05) is 88.7 Å². The van der Waals surface area contributed by atoms with E-state index in [9.17, 15) is 29.5 Å². The maximum absolute atomic E-state index is 14.1. The highest BCUT2D eigenvalue weighted by Gasteiger charge is 2.64. The Bertz CT molecular complexity index is 2400. The van der Waals surface area contributed by atoms with Crippen LogP contribution in [0.25, 0.3) is 10.4 Å². The summed E-state index contributed by atoms with van der Waals surface area (Å²) in [5.41, 5.74) is 5.47. The third-order valence-corrected chi connectivity index (χ3v) is 14.6. The second-order valence-electron chi connectivity index (χ2n) is 20.3. The Kier molecular flexibility index (Phi) is 15.7. The lowest BCUT2D eigenvalue weighted by Crippen LogP contribution is -2.74. The molecule has 4 N–H and O–H groups in total. The van der Waals surface area contributed by atoms with Gasteiger partial charge < -0.3 is 30.7 Å². The maximum atomic E-state index is 14.1. The number of hydrogen-bond donors (Lipinski definition) is 4. The lowest BCUT2D eigenvalue weighted by Gasteiger charge is -2.63. The Morgan fingerprint density at radius 2 is 1.64 bits per heavy atom. The fraction of sp³-hybridized carbons (Fsp3) is 0.500. The van der Waals surface area contributed by atoms with E-state index in [1.165, 1.54) is 4.90 Å². The Labute approximate surface area is 398 Å². The topological polar surface area (TPSA) is 174 Å². The summed E-state index contributed by atoms with van der Waals surface area (Å²) in [4.78, 5) is 61.3. The first-order valence-electron chi connectivity index (χ1n) is 23.0. The zero-order valence-electron chi connectivity index (χ0n) is 39.7. The fourth-order valence-corrected chi connectivity index (χ4v) is 10.9. The lowest BCUT2D eigenvalue weighted by molar-refractivity contribution is -0.164. The number of nitrogens with zero attached hydrogens (tertiary/aromatic N) is 3. The number of ether oxygens (including phenoxy) is 1. The minimum absolute atomic E-state index is 0.0134. The molecular formula is C52H65ClN6O6S. The number of β-amino-alcohol motifs (C(OH)–C–C–N with tert-alkyl or cyclic N) is 1. The molecule has 4 atom stereocenters. The number of unbranched alkanes of at least 4 members (excludes halogenated alkanes) is 3. The van der Waals surface area contributed by atoms with Crippen molar-refractivity contribution >= 4 is 46.6 Å². The van der Waals surface area contributed by atoms with Crippen LogP contribution in [0.3, 0.4) is 0 Å². The third-order valence-electron chi connectivity index (χ3n) is 13.3. The number of carbonyl (C=O) groups excluding carboxylic acids is 4. The van der Waals surface area contributed by atoms with E-state index in [0.717, 1.165) is 52.9 Å². The van der Waals surface area contributed by atoms with Gasteiger partial charge in [-0.1, -0.05) is 109 Å². The predicted molar refractivity (Wildman–Crippen MR) is 259 cm³/mol. The number of aliphatic hydroxyl groups excluding tert-OH is 1. The second kappa shape index (κ2) is 20.7. The van der Waals surface area contributed by atoms with Crippen LogP contribution in [0.1, 0.15) is 133 Å². The SMILES string of the molecule is Cc1ncsc1-c1ccc([C@H](C)NC(=O)[C@@H]2C[C@@H](O)CN2C(=O)[C@@H](NC(=O)CCCCCCc2ccc(C(=O)N[C@H]3C(C)(C)[C@H](Oc4ccc(C#N)c(Cl)c4)C3(C)C)cc2)C(C)(C)C)cc1. The molecule has 4 amide bonds. The van der Waals surface area contributed by atoms with Gasteiger partial charge in [-0.25, -0.2) is 4.98 Å². The van der Waals surface area contributed by atoms with Crippen molar-refractivity contribution in [1.82, 2.24) is 25.8 Å². The number of nitriles is 1. The van der Waals surface area contributed by atoms with Crippen LogP contribution in [-0.2, 0) is 20.8 Å². The van der Waals surface area contributed by atoms with E-state index in [4.69, 9.17) is 16.3 Å². The Morgan fingerprint density at radius 3 is 2.24 bits per heavy atom. The standard InChI is InChI=1S/C52H65ClN6O6S/c1-31(34-20-22-35(23-21-34)43-32(2)55-30-66-43)56-46(63)41-26-38(60)29-59(41)47(64)44(50(3,4)5)57-42(61)15-13-11-10-12-14-33-16-18-36(19-17-33)45(62)58-48-51(6,7)49(52(48,8)9)65-39-25-24-37(28-54)40(53)27-39/h16-25,27,30-31,38,41,44,48-49,60H,10-15,26,29H2,1-9H3,(H,56,63)(H,57,61)(H,58,62)/t31-,38+,41-,44+,48-,49-/m0/s1. The summed E-state index contributed by atoms with van der Waals surface area (Å²) in [5.74, 6) is -0.511. The van der Waals surface area contributed by atoms with E-state index in [1.54, 1.807) is 29.5 Å². The molecule has 4 aromatic rings. The number of nitrogens with one attached hydrogen (secondary N) is 3. The molecule has 1 aliphatic heterocycles. The highest BCUT2D eigenvalue weighted by Crippen LogP contribution is 2.55. The summed E-state index contributed by atoms with van der Waals surface area (Å²) in [6, 6.07) is 20.6. The summed E-state index contributed by atoms with van der Waals surface area (Å²) in [7, 11) is 0. The average Bonchev–Trinajstić information content (AvgIpc) is 3.89. The molecule has 1 aromatic heterocycles. The number of likely N-dealkylation sites (tertiary alicyclic amines) is 1. The number of hydrogen-bond acceptors (Lipinski definition) is 9. The van der Waals surface area contributed by atoms with E-state index in [-0.39, 0.29) is 72.0 Å². The number of benzene rings is 3. The molecule has 0 bridgehead atoms. The zero-order valence-corrected chi connectivity index (χ0v) is 41.2. The van der Waals surface area contributed by atoms with Crippen molar-refractivity contribution in [3.63, 3.8) is 0 Å². The Hall–Kier alpha value is -5.29. The fourth-order valence-electron chi connectivity index (χ4n) is 9.85. The Morgan fingerprint density at radius 1 is 0.970 bits per heavy atom. The smallest absolute Gasteiger partial charge is 0.251 e. The molecule has 0 spiro atoms. The third kappa shape index (κ3) is 11.4. The molecule has 0 unspecified atom stereocenters. The van der Waals surface area contributed by atoms with Crippen LogP contribution in [0.5, 0.6) is 5.75 Å². The van der Waals surface area contributed by atoms with E-state index < -0.39 is 23.6 Å². The second-order valence-corrected chi connectivity index (χ2v) is 21.6. The molecule has 2 aliphatic rings. The molecule has 352 valence electrons. The van der Waals surface area contributed by atoms with Gasteiger partial charge in [0, 0.05) is 47.9 Å². The van der Waals surface area contributed by atoms with E-state index >= 15 is 0 Å². The summed E-state index contributed by atoms with van der Waals surface area (Å²) in [5, 5.41) is 29.5. The van der Waals surface area contributed by atoms with Crippen molar-refractivity contribution in [2.45, 2.75) is 144 Å².